The van der Waals surface area contributed by atoms with Crippen LogP contribution in [0.15, 0.2) is 103 Å². The normalized spacial score (nSPS) is 24.3. The fourth-order valence-corrected chi connectivity index (χ4v) is 8.25. The third-order valence-corrected chi connectivity index (χ3v) is 11.0. The van der Waals surface area contributed by atoms with E-state index in [2.05, 4.69) is 155 Å². The molecule has 0 amide bonds. The smallest absolute Gasteiger partial charge is 0.0638 e. The summed E-state index contributed by atoms with van der Waals surface area (Å²) < 4.78 is 0. The molecule has 4 unspecified atom stereocenters. The standard InChI is InChI=1S/C41H51N5/c1-31-12-18-35(19-13-31)43-24-8-9-34(27-43)39-28-45(37-22-16-33(3)17-23-37)29-40(42(39)4)41-30-44(36-20-14-32(2)15-21-36)25-26-46(41)38-10-6-5-7-11-38/h5-7,10-23,34,39-41H,8-9,24-30H2,1-4H3. The first-order valence-electron chi connectivity index (χ1n) is 17.4. The Hall–Kier alpha value is -3.96. The Labute approximate surface area is 277 Å². The molecule has 5 heteroatoms. The number of piperidine rings is 1. The summed E-state index contributed by atoms with van der Waals surface area (Å²) in [5.41, 5.74) is 9.39. The summed E-state index contributed by atoms with van der Waals surface area (Å²) in [7, 11) is 2.45. The van der Waals surface area contributed by atoms with E-state index < -0.39 is 0 Å². The van der Waals surface area contributed by atoms with Crippen LogP contribution in [0.1, 0.15) is 29.5 Å². The van der Waals surface area contributed by atoms with Crippen molar-refractivity contribution in [2.45, 2.75) is 51.7 Å². The molecule has 4 aromatic carbocycles. The monoisotopic (exact) mass is 613 g/mol. The maximum atomic E-state index is 2.81. The molecule has 240 valence electrons. The van der Waals surface area contributed by atoms with E-state index in [9.17, 15) is 0 Å². The average molecular weight is 614 g/mol. The van der Waals surface area contributed by atoms with Gasteiger partial charge >= 0.3 is 0 Å². The first kappa shape index (κ1) is 30.7. The van der Waals surface area contributed by atoms with Gasteiger partial charge in [-0.1, -0.05) is 71.3 Å². The molecule has 3 aliphatic rings. The molecule has 4 aromatic rings. The largest absolute Gasteiger partial charge is 0.371 e. The molecule has 3 saturated heterocycles. The number of para-hydroxylation sites is 1. The summed E-state index contributed by atoms with van der Waals surface area (Å²) in [6, 6.07) is 40.0. The summed E-state index contributed by atoms with van der Waals surface area (Å²) in [5, 5.41) is 0. The van der Waals surface area contributed by atoms with Crippen molar-refractivity contribution in [2.24, 2.45) is 5.92 Å². The van der Waals surface area contributed by atoms with Crippen LogP contribution in [0, 0.1) is 26.7 Å². The molecule has 0 N–H and O–H groups in total. The number of hydrogen-bond donors (Lipinski definition) is 0. The van der Waals surface area contributed by atoms with E-state index in [0.717, 1.165) is 45.8 Å². The molecular formula is C41H51N5. The van der Waals surface area contributed by atoms with Gasteiger partial charge in [0.05, 0.1) is 6.04 Å². The number of rotatable bonds is 6. The van der Waals surface area contributed by atoms with E-state index in [4.69, 9.17) is 0 Å². The number of piperazine rings is 2. The SMILES string of the molecule is Cc1ccc(N2CCCC(C3CN(c4ccc(C)cc4)CC(C4CN(c5ccc(C)cc5)CCN4c4ccccc4)N3C)C2)cc1. The Balaban J connectivity index is 1.23. The van der Waals surface area contributed by atoms with Crippen LogP contribution in [0.3, 0.4) is 0 Å². The Morgan fingerprint density at radius 2 is 0.957 bits per heavy atom. The van der Waals surface area contributed by atoms with Crippen LogP contribution in [-0.2, 0) is 0 Å². The molecule has 4 atom stereocenters. The van der Waals surface area contributed by atoms with Crippen LogP contribution in [0.2, 0.25) is 0 Å². The van der Waals surface area contributed by atoms with Crippen molar-refractivity contribution >= 4 is 22.7 Å². The lowest BCUT2D eigenvalue weighted by Gasteiger charge is -2.56. The lowest BCUT2D eigenvalue weighted by atomic mass is 9.85. The molecule has 3 heterocycles. The van der Waals surface area contributed by atoms with Crippen molar-refractivity contribution in [3.63, 3.8) is 0 Å². The highest BCUT2D eigenvalue weighted by Gasteiger charge is 2.44. The number of benzene rings is 4. The molecule has 5 nitrogen and oxygen atoms in total. The van der Waals surface area contributed by atoms with Crippen LogP contribution in [0.25, 0.3) is 0 Å². The van der Waals surface area contributed by atoms with Gasteiger partial charge in [0.1, 0.15) is 0 Å². The van der Waals surface area contributed by atoms with Gasteiger partial charge in [0.15, 0.2) is 0 Å². The van der Waals surface area contributed by atoms with Crippen LogP contribution < -0.4 is 19.6 Å². The first-order valence-corrected chi connectivity index (χ1v) is 17.4. The van der Waals surface area contributed by atoms with Gasteiger partial charge in [-0.15, -0.1) is 0 Å². The Morgan fingerprint density at radius 3 is 1.54 bits per heavy atom. The Kier molecular flexibility index (Phi) is 8.95. The third-order valence-electron chi connectivity index (χ3n) is 11.0. The van der Waals surface area contributed by atoms with E-state index >= 15 is 0 Å². The van der Waals surface area contributed by atoms with Crippen molar-refractivity contribution in [1.82, 2.24) is 4.90 Å². The second-order valence-corrected chi connectivity index (χ2v) is 14.1. The van der Waals surface area contributed by atoms with E-state index in [1.165, 1.54) is 52.3 Å². The summed E-state index contributed by atoms with van der Waals surface area (Å²) in [4.78, 5) is 13.5. The number of nitrogens with zero attached hydrogens (tertiary/aromatic N) is 5. The lowest BCUT2D eigenvalue weighted by molar-refractivity contribution is 0.0775. The fourth-order valence-electron chi connectivity index (χ4n) is 8.25. The van der Waals surface area contributed by atoms with Crippen LogP contribution >= 0.6 is 0 Å². The van der Waals surface area contributed by atoms with Gasteiger partial charge in [0.2, 0.25) is 0 Å². The maximum Gasteiger partial charge on any atom is 0.0638 e. The number of anilines is 4. The Morgan fingerprint density at radius 1 is 0.457 bits per heavy atom. The van der Waals surface area contributed by atoms with Crippen molar-refractivity contribution in [1.29, 1.82) is 0 Å². The molecule has 3 fully saturated rings. The predicted molar refractivity (Wildman–Crippen MR) is 196 cm³/mol. The number of aryl methyl sites for hydroxylation is 3. The summed E-state index contributed by atoms with van der Waals surface area (Å²) in [6.45, 7) is 14.0. The molecule has 0 aliphatic carbocycles. The zero-order valence-corrected chi connectivity index (χ0v) is 28.2. The minimum Gasteiger partial charge on any atom is -0.371 e. The van der Waals surface area contributed by atoms with Crippen molar-refractivity contribution < 1.29 is 0 Å². The van der Waals surface area contributed by atoms with Gasteiger partial charge in [-0.25, -0.2) is 0 Å². The third kappa shape index (κ3) is 6.48. The second kappa shape index (κ2) is 13.4. The minimum absolute atomic E-state index is 0.356. The highest BCUT2D eigenvalue weighted by molar-refractivity contribution is 5.55. The minimum atomic E-state index is 0.356. The Bertz CT molecular complexity index is 1550. The molecular weight excluding hydrogens is 562 g/mol. The molecule has 46 heavy (non-hydrogen) atoms. The number of likely N-dealkylation sites (N-methyl/N-ethyl adjacent to an activating group) is 1. The first-order chi connectivity index (χ1) is 22.4. The molecule has 0 aromatic heterocycles. The quantitative estimate of drug-likeness (QED) is 0.224. The van der Waals surface area contributed by atoms with E-state index in [0.29, 0.717) is 24.0 Å². The van der Waals surface area contributed by atoms with Gasteiger partial charge in [0.25, 0.3) is 0 Å². The number of hydrogen-bond acceptors (Lipinski definition) is 5. The fraction of sp³-hybridized carbons (Fsp3) is 0.415. The van der Waals surface area contributed by atoms with Crippen LogP contribution in [0.4, 0.5) is 22.7 Å². The van der Waals surface area contributed by atoms with Gasteiger partial charge in [-0.05, 0) is 95.1 Å². The van der Waals surface area contributed by atoms with Crippen molar-refractivity contribution in [3.05, 3.63) is 120 Å². The van der Waals surface area contributed by atoms with E-state index in [1.54, 1.807) is 0 Å². The second-order valence-electron chi connectivity index (χ2n) is 14.1. The summed E-state index contributed by atoms with van der Waals surface area (Å²) in [6.07, 6.45) is 2.53. The lowest BCUT2D eigenvalue weighted by Crippen LogP contribution is -2.70. The van der Waals surface area contributed by atoms with Gasteiger partial charge in [0, 0.05) is 80.6 Å². The molecule has 3 aliphatic heterocycles. The van der Waals surface area contributed by atoms with Gasteiger partial charge in [-0.3, -0.25) is 4.90 Å². The summed E-state index contributed by atoms with van der Waals surface area (Å²) >= 11 is 0. The van der Waals surface area contributed by atoms with Gasteiger partial charge in [-0.2, -0.15) is 0 Å². The summed E-state index contributed by atoms with van der Waals surface area (Å²) in [5.74, 6) is 0.609. The van der Waals surface area contributed by atoms with Crippen molar-refractivity contribution in [3.8, 4) is 0 Å². The van der Waals surface area contributed by atoms with Crippen LogP contribution in [-0.4, -0.2) is 75.9 Å². The zero-order valence-electron chi connectivity index (χ0n) is 28.2. The molecule has 0 spiro atoms. The maximum absolute atomic E-state index is 2.81. The predicted octanol–water partition coefficient (Wildman–Crippen LogP) is 7.41. The topological polar surface area (TPSA) is 16.2 Å². The van der Waals surface area contributed by atoms with Gasteiger partial charge < -0.3 is 19.6 Å². The van der Waals surface area contributed by atoms with E-state index in [1.807, 2.05) is 0 Å². The van der Waals surface area contributed by atoms with E-state index in [-0.39, 0.29) is 0 Å². The highest BCUT2D eigenvalue weighted by atomic mass is 15.4. The molecule has 7 rings (SSSR count). The molecule has 0 saturated carbocycles. The highest BCUT2D eigenvalue weighted by Crippen LogP contribution is 2.35. The van der Waals surface area contributed by atoms with Crippen LogP contribution in [0.5, 0.6) is 0 Å². The zero-order chi connectivity index (χ0) is 31.6. The molecule has 0 radical (unpaired) electrons. The molecule has 0 bridgehead atoms. The van der Waals surface area contributed by atoms with Crippen molar-refractivity contribution in [2.75, 3.05) is 72.5 Å². The average Bonchev–Trinajstić information content (AvgIpc) is 3.10.